The topological polar surface area (TPSA) is 78.2 Å². The number of hydrogen-bond donors (Lipinski definition) is 2. The highest BCUT2D eigenvalue weighted by atomic mass is 16.2. The maximum absolute atomic E-state index is 12.5. The summed E-state index contributed by atoms with van der Waals surface area (Å²) in [5.41, 5.74) is 11.5. The number of nitrogens with one attached hydrogen (secondary N) is 1. The summed E-state index contributed by atoms with van der Waals surface area (Å²) < 4.78 is 0. The quantitative estimate of drug-likeness (QED) is 0.746. The molecule has 27 heavy (non-hydrogen) atoms. The number of anilines is 2. The van der Waals surface area contributed by atoms with Gasteiger partial charge in [-0.15, -0.1) is 0 Å². The Morgan fingerprint density at radius 3 is 2.81 bits per heavy atom. The Morgan fingerprint density at radius 1 is 1.19 bits per heavy atom. The molecule has 6 heteroatoms. The third-order valence-corrected chi connectivity index (χ3v) is 5.93. The Balaban J connectivity index is 1.60. The van der Waals surface area contributed by atoms with Crippen LogP contribution >= 0.6 is 0 Å². The van der Waals surface area contributed by atoms with Crippen LogP contribution in [0, 0.1) is 0 Å². The first-order valence-electron chi connectivity index (χ1n) is 9.61. The summed E-state index contributed by atoms with van der Waals surface area (Å²) in [6.07, 6.45) is 6.12. The van der Waals surface area contributed by atoms with Gasteiger partial charge in [0.1, 0.15) is 0 Å². The number of nitrogens with two attached hydrogens (primary N) is 1. The number of H-pyrrole nitrogens is 1. The van der Waals surface area contributed by atoms with Crippen molar-refractivity contribution < 1.29 is 4.79 Å². The van der Waals surface area contributed by atoms with Crippen LogP contribution < -0.4 is 15.5 Å². The van der Waals surface area contributed by atoms with Crippen molar-refractivity contribution >= 4 is 28.3 Å². The fraction of sp³-hybridized carbons (Fsp3) is 0.333. The molecule has 1 saturated heterocycles. The van der Waals surface area contributed by atoms with Crippen LogP contribution in [0.5, 0.6) is 0 Å². The molecule has 1 aliphatic carbocycles. The normalized spacial score (nSPS) is 18.8. The number of primary amides is 1. The van der Waals surface area contributed by atoms with Crippen molar-refractivity contribution in [2.24, 2.45) is 5.73 Å². The van der Waals surface area contributed by atoms with Crippen molar-refractivity contribution in [1.29, 1.82) is 0 Å². The van der Waals surface area contributed by atoms with E-state index in [0.717, 1.165) is 42.5 Å². The van der Waals surface area contributed by atoms with Gasteiger partial charge in [-0.05, 0) is 55.0 Å². The van der Waals surface area contributed by atoms with E-state index >= 15 is 0 Å². The Hall–Kier alpha value is -3.02. The summed E-state index contributed by atoms with van der Waals surface area (Å²) in [7, 11) is 0. The molecule has 0 bridgehead atoms. The van der Waals surface area contributed by atoms with Crippen LogP contribution in [0.25, 0.3) is 10.9 Å². The molecule has 1 unspecified atom stereocenters. The molecule has 6 nitrogen and oxygen atoms in total. The van der Waals surface area contributed by atoms with Crippen molar-refractivity contribution in [2.75, 3.05) is 22.9 Å². The Morgan fingerprint density at radius 2 is 2.00 bits per heavy atom. The predicted octanol–water partition coefficient (Wildman–Crippen LogP) is 3.74. The minimum absolute atomic E-state index is 0.0412. The van der Waals surface area contributed by atoms with Gasteiger partial charge < -0.3 is 10.6 Å². The number of urea groups is 1. The zero-order valence-electron chi connectivity index (χ0n) is 15.2. The van der Waals surface area contributed by atoms with Gasteiger partial charge in [0.05, 0.1) is 23.4 Å². The summed E-state index contributed by atoms with van der Waals surface area (Å²) >= 11 is 0. The van der Waals surface area contributed by atoms with Crippen LogP contribution in [0.3, 0.4) is 0 Å². The first-order chi connectivity index (χ1) is 13.2. The molecule has 5 rings (SSSR count). The maximum atomic E-state index is 12.5. The second kappa shape index (κ2) is 6.30. The summed E-state index contributed by atoms with van der Waals surface area (Å²) in [6, 6.07) is 11.9. The van der Waals surface area contributed by atoms with Gasteiger partial charge in [-0.1, -0.05) is 18.2 Å². The van der Waals surface area contributed by atoms with E-state index < -0.39 is 6.03 Å². The maximum Gasteiger partial charge on any atom is 0.319 e. The van der Waals surface area contributed by atoms with Crippen LogP contribution in [-0.4, -0.2) is 29.3 Å². The summed E-state index contributed by atoms with van der Waals surface area (Å²) in [5, 5.41) is 8.02. The monoisotopic (exact) mass is 361 g/mol. The van der Waals surface area contributed by atoms with Crippen LogP contribution in [0.4, 0.5) is 16.2 Å². The van der Waals surface area contributed by atoms with Gasteiger partial charge in [-0.25, -0.2) is 4.79 Å². The highest BCUT2D eigenvalue weighted by Gasteiger charge is 2.34. The van der Waals surface area contributed by atoms with E-state index in [1.807, 2.05) is 18.2 Å². The lowest BCUT2D eigenvalue weighted by Crippen LogP contribution is -2.38. The summed E-state index contributed by atoms with van der Waals surface area (Å²) in [4.78, 5) is 16.7. The van der Waals surface area contributed by atoms with Gasteiger partial charge in [0.25, 0.3) is 0 Å². The second-order valence-electron chi connectivity index (χ2n) is 7.41. The second-order valence-corrected chi connectivity index (χ2v) is 7.41. The summed E-state index contributed by atoms with van der Waals surface area (Å²) in [6.45, 7) is 2.24. The standard InChI is InChI=1S/C21H23N5O/c22-21(27)26(19-8-4-6-17-16(19)13-23-24-17)20-10-9-15-14(20)5-3-7-18(15)25-11-1-2-12-25/h3-8,13,20H,1-2,9-12H2,(H2,22,27)(H,23,24). The molecule has 3 N–H and O–H groups in total. The largest absolute Gasteiger partial charge is 0.371 e. The lowest BCUT2D eigenvalue weighted by Gasteiger charge is -2.29. The number of nitrogens with zero attached hydrogens (tertiary/aromatic N) is 3. The molecule has 1 atom stereocenters. The number of hydrogen-bond acceptors (Lipinski definition) is 3. The number of benzene rings is 2. The lowest BCUT2D eigenvalue weighted by atomic mass is 10.0. The number of aromatic nitrogens is 2. The molecule has 3 aromatic rings. The molecule has 2 aliphatic rings. The van der Waals surface area contributed by atoms with Crippen molar-refractivity contribution in [3.8, 4) is 0 Å². The smallest absolute Gasteiger partial charge is 0.319 e. The SMILES string of the molecule is NC(=O)N(c1cccc2[nH]ncc12)C1CCc2c1cccc2N1CCCC1. The first kappa shape index (κ1) is 16.2. The van der Waals surface area contributed by atoms with E-state index in [4.69, 9.17) is 5.73 Å². The van der Waals surface area contributed by atoms with Crippen molar-refractivity contribution in [3.63, 3.8) is 0 Å². The molecule has 1 aliphatic heterocycles. The van der Waals surface area contributed by atoms with Gasteiger partial charge in [0.2, 0.25) is 0 Å². The molecule has 1 aromatic heterocycles. The van der Waals surface area contributed by atoms with Gasteiger partial charge in [-0.2, -0.15) is 5.10 Å². The molecule has 2 amide bonds. The average molecular weight is 361 g/mol. The molecule has 0 spiro atoms. The van der Waals surface area contributed by atoms with Crippen LogP contribution in [0.1, 0.15) is 36.4 Å². The molecular formula is C21H23N5O. The molecule has 0 radical (unpaired) electrons. The van der Waals surface area contributed by atoms with E-state index in [9.17, 15) is 4.79 Å². The minimum atomic E-state index is -0.423. The number of aromatic amines is 1. The van der Waals surface area contributed by atoms with E-state index in [1.165, 1.54) is 29.7 Å². The van der Waals surface area contributed by atoms with Crippen molar-refractivity contribution in [3.05, 3.63) is 53.7 Å². The number of rotatable bonds is 3. The predicted molar refractivity (Wildman–Crippen MR) is 107 cm³/mol. The molecule has 0 saturated carbocycles. The summed E-state index contributed by atoms with van der Waals surface area (Å²) in [5.74, 6) is 0. The van der Waals surface area contributed by atoms with Gasteiger partial charge in [0, 0.05) is 24.2 Å². The fourth-order valence-electron chi connectivity index (χ4n) is 4.74. The van der Waals surface area contributed by atoms with E-state index in [0.29, 0.717) is 0 Å². The zero-order chi connectivity index (χ0) is 18.4. The molecule has 1 fully saturated rings. The van der Waals surface area contributed by atoms with Crippen molar-refractivity contribution in [2.45, 2.75) is 31.7 Å². The van der Waals surface area contributed by atoms with Crippen LogP contribution in [0.15, 0.2) is 42.6 Å². The number of carbonyl (C=O) groups is 1. The van der Waals surface area contributed by atoms with E-state index in [-0.39, 0.29) is 6.04 Å². The molecule has 2 aromatic carbocycles. The number of fused-ring (bicyclic) bond motifs is 2. The number of carbonyl (C=O) groups excluding carboxylic acids is 1. The first-order valence-corrected chi connectivity index (χ1v) is 9.61. The number of amides is 2. The third-order valence-electron chi connectivity index (χ3n) is 5.93. The average Bonchev–Trinajstić information content (AvgIpc) is 3.42. The molecule has 2 heterocycles. The fourth-order valence-corrected chi connectivity index (χ4v) is 4.74. The molecular weight excluding hydrogens is 338 g/mol. The van der Waals surface area contributed by atoms with Crippen LogP contribution in [0.2, 0.25) is 0 Å². The van der Waals surface area contributed by atoms with E-state index in [1.54, 1.807) is 11.1 Å². The van der Waals surface area contributed by atoms with Gasteiger partial charge >= 0.3 is 6.03 Å². The van der Waals surface area contributed by atoms with Gasteiger partial charge in [0.15, 0.2) is 0 Å². The van der Waals surface area contributed by atoms with Crippen LogP contribution in [-0.2, 0) is 6.42 Å². The van der Waals surface area contributed by atoms with E-state index in [2.05, 4.69) is 33.3 Å². The highest BCUT2D eigenvalue weighted by molar-refractivity contribution is 6.02. The third kappa shape index (κ3) is 2.55. The lowest BCUT2D eigenvalue weighted by molar-refractivity contribution is 0.251. The molecule has 138 valence electrons. The van der Waals surface area contributed by atoms with Crippen molar-refractivity contribution in [1.82, 2.24) is 10.2 Å². The Kier molecular flexibility index (Phi) is 3.77. The van der Waals surface area contributed by atoms with Gasteiger partial charge in [-0.3, -0.25) is 10.00 Å². The Labute approximate surface area is 157 Å². The zero-order valence-corrected chi connectivity index (χ0v) is 15.2. The minimum Gasteiger partial charge on any atom is -0.371 e. The highest BCUT2D eigenvalue weighted by Crippen LogP contribution is 2.43. The Bertz CT molecular complexity index is 1000.